The van der Waals surface area contributed by atoms with E-state index in [2.05, 4.69) is 27.1 Å². The molecule has 0 unspecified atom stereocenters. The van der Waals surface area contributed by atoms with Crippen LogP contribution in [0.3, 0.4) is 0 Å². The lowest BCUT2D eigenvalue weighted by Crippen LogP contribution is -2.14. The molecule has 2 heterocycles. The van der Waals surface area contributed by atoms with Crippen molar-refractivity contribution in [2.24, 2.45) is 0 Å². The Morgan fingerprint density at radius 3 is 3.00 bits per heavy atom. The van der Waals surface area contributed by atoms with Crippen molar-refractivity contribution >= 4 is 57.1 Å². The van der Waals surface area contributed by atoms with Gasteiger partial charge in [-0.05, 0) is 6.07 Å². The molecule has 0 aliphatic rings. The maximum Gasteiger partial charge on any atom is 0.232 e. The first-order valence-electron chi connectivity index (χ1n) is 7.22. The summed E-state index contributed by atoms with van der Waals surface area (Å²) in [7, 11) is 0. The zero-order valence-corrected chi connectivity index (χ0v) is 16.1. The summed E-state index contributed by atoms with van der Waals surface area (Å²) in [5.41, 5.74) is 1.57. The van der Waals surface area contributed by atoms with Gasteiger partial charge in [0.15, 0.2) is 4.34 Å². The number of anilines is 1. The number of carbonyl (C=O) groups excluding carboxylic acids is 1. The summed E-state index contributed by atoms with van der Waals surface area (Å²) in [5.74, 6) is 0.582. The van der Waals surface area contributed by atoms with Gasteiger partial charge < -0.3 is 5.32 Å². The minimum atomic E-state index is -0.174. The molecule has 3 aromatic rings. The van der Waals surface area contributed by atoms with Crippen molar-refractivity contribution in [2.45, 2.75) is 10.8 Å². The highest BCUT2D eigenvalue weighted by Gasteiger charge is 2.13. The second-order valence-corrected chi connectivity index (χ2v) is 8.33. The number of amides is 1. The number of benzene rings is 1. The molecule has 0 saturated heterocycles. The van der Waals surface area contributed by atoms with E-state index in [4.69, 9.17) is 11.6 Å². The lowest BCUT2D eigenvalue weighted by molar-refractivity contribution is -0.115. The van der Waals surface area contributed by atoms with Gasteiger partial charge in [-0.1, -0.05) is 59.0 Å². The highest BCUT2D eigenvalue weighted by molar-refractivity contribution is 8.01. The Morgan fingerprint density at radius 2 is 2.20 bits per heavy atom. The molecule has 9 heteroatoms. The van der Waals surface area contributed by atoms with Gasteiger partial charge in [0.05, 0.1) is 17.1 Å². The Balaban J connectivity index is 1.61. The third kappa shape index (κ3) is 4.88. The summed E-state index contributed by atoms with van der Waals surface area (Å²) in [4.78, 5) is 16.7. The maximum absolute atomic E-state index is 12.2. The Bertz CT molecular complexity index is 893. The Labute approximate surface area is 162 Å². The van der Waals surface area contributed by atoms with Crippen LogP contribution in [-0.4, -0.2) is 26.8 Å². The van der Waals surface area contributed by atoms with E-state index in [-0.39, 0.29) is 12.3 Å². The second kappa shape index (κ2) is 8.57. The molecule has 0 spiro atoms. The summed E-state index contributed by atoms with van der Waals surface area (Å²) in [6.45, 7) is 3.66. The van der Waals surface area contributed by atoms with Crippen LogP contribution in [0.4, 0.5) is 5.13 Å². The molecule has 1 aromatic carbocycles. The van der Waals surface area contributed by atoms with Gasteiger partial charge in [0, 0.05) is 16.7 Å². The summed E-state index contributed by atoms with van der Waals surface area (Å²) in [5, 5.41) is 14.5. The molecular formula is C16H13ClN4OS3. The number of nitrogens with one attached hydrogen (secondary N) is 1. The van der Waals surface area contributed by atoms with E-state index < -0.39 is 0 Å². The molecule has 2 aromatic heterocycles. The highest BCUT2D eigenvalue weighted by Crippen LogP contribution is 2.30. The first-order valence-corrected chi connectivity index (χ1v) is 10.3. The lowest BCUT2D eigenvalue weighted by Gasteiger charge is -1.99. The molecule has 128 valence electrons. The smallest absolute Gasteiger partial charge is 0.232 e. The van der Waals surface area contributed by atoms with E-state index in [0.717, 1.165) is 20.7 Å². The molecule has 0 fully saturated rings. The lowest BCUT2D eigenvalue weighted by atomic mass is 10.2. The third-order valence-electron chi connectivity index (χ3n) is 2.98. The van der Waals surface area contributed by atoms with Crippen LogP contribution >= 0.6 is 46.0 Å². The van der Waals surface area contributed by atoms with Crippen LogP contribution in [0.1, 0.15) is 5.69 Å². The third-order valence-corrected chi connectivity index (χ3v) is 6.20. The fourth-order valence-electron chi connectivity index (χ4n) is 1.92. The Kier molecular flexibility index (Phi) is 6.19. The first kappa shape index (κ1) is 18.1. The molecule has 1 amide bonds. The molecule has 0 saturated carbocycles. The molecule has 0 atom stereocenters. The zero-order chi connectivity index (χ0) is 17.6. The van der Waals surface area contributed by atoms with E-state index in [9.17, 15) is 4.79 Å². The molecular weight excluding hydrogens is 396 g/mol. The quantitative estimate of drug-likeness (QED) is 0.346. The average molecular weight is 409 g/mol. The van der Waals surface area contributed by atoms with Gasteiger partial charge in [0.1, 0.15) is 5.01 Å². The van der Waals surface area contributed by atoms with Crippen molar-refractivity contribution in [1.82, 2.24) is 15.2 Å². The topological polar surface area (TPSA) is 67.8 Å². The predicted molar refractivity (Wildman–Crippen MR) is 106 cm³/mol. The number of thiazole rings is 1. The van der Waals surface area contributed by atoms with Gasteiger partial charge in [-0.2, -0.15) is 0 Å². The summed E-state index contributed by atoms with van der Waals surface area (Å²) in [6, 6.07) is 7.51. The minimum absolute atomic E-state index is 0.174. The minimum Gasteiger partial charge on any atom is -0.300 e. The molecule has 0 aliphatic heterocycles. The van der Waals surface area contributed by atoms with Gasteiger partial charge in [-0.25, -0.2) is 4.98 Å². The number of hydrogen-bond acceptors (Lipinski definition) is 7. The van der Waals surface area contributed by atoms with Crippen LogP contribution in [0.15, 0.2) is 46.6 Å². The van der Waals surface area contributed by atoms with E-state index in [0.29, 0.717) is 15.8 Å². The first-order chi connectivity index (χ1) is 12.2. The van der Waals surface area contributed by atoms with E-state index in [1.807, 2.05) is 29.6 Å². The van der Waals surface area contributed by atoms with Crippen LogP contribution in [0.25, 0.3) is 10.6 Å². The molecule has 1 N–H and O–H groups in total. The Morgan fingerprint density at radius 1 is 1.36 bits per heavy atom. The normalized spacial score (nSPS) is 10.6. The number of nitrogens with zero attached hydrogens (tertiary/aromatic N) is 3. The highest BCUT2D eigenvalue weighted by atomic mass is 35.5. The SMILES string of the molecule is C=CCSc1nnc(NC(=O)Cc2csc(-c3ccccc3Cl)n2)s1. The molecule has 0 radical (unpaired) electrons. The van der Waals surface area contributed by atoms with E-state index in [1.165, 1.54) is 34.4 Å². The van der Waals surface area contributed by atoms with Gasteiger partial charge in [-0.15, -0.1) is 28.1 Å². The fraction of sp³-hybridized carbons (Fsp3) is 0.125. The Hall–Kier alpha value is -1.74. The average Bonchev–Trinajstić information content (AvgIpc) is 3.23. The van der Waals surface area contributed by atoms with Crippen molar-refractivity contribution in [1.29, 1.82) is 0 Å². The number of thioether (sulfide) groups is 1. The summed E-state index contributed by atoms with van der Waals surface area (Å²) in [6.07, 6.45) is 1.97. The number of rotatable bonds is 7. The summed E-state index contributed by atoms with van der Waals surface area (Å²) >= 11 is 10.5. The molecule has 0 bridgehead atoms. The number of aromatic nitrogens is 3. The number of halogens is 1. The largest absolute Gasteiger partial charge is 0.300 e. The molecule has 0 aliphatic carbocycles. The van der Waals surface area contributed by atoms with Crippen LogP contribution < -0.4 is 5.32 Å². The van der Waals surface area contributed by atoms with Crippen molar-refractivity contribution in [2.75, 3.05) is 11.1 Å². The van der Waals surface area contributed by atoms with Crippen LogP contribution in [0, 0.1) is 0 Å². The van der Waals surface area contributed by atoms with Crippen molar-refractivity contribution in [3.05, 3.63) is 53.0 Å². The fourth-order valence-corrected chi connectivity index (χ4v) is 4.59. The summed E-state index contributed by atoms with van der Waals surface area (Å²) < 4.78 is 0.796. The number of carbonyl (C=O) groups is 1. The molecule has 25 heavy (non-hydrogen) atoms. The monoisotopic (exact) mass is 408 g/mol. The van der Waals surface area contributed by atoms with E-state index in [1.54, 1.807) is 6.08 Å². The van der Waals surface area contributed by atoms with Crippen molar-refractivity contribution in [3.8, 4) is 10.6 Å². The van der Waals surface area contributed by atoms with Crippen LogP contribution in [-0.2, 0) is 11.2 Å². The predicted octanol–water partition coefficient (Wildman–Crippen LogP) is 4.77. The van der Waals surface area contributed by atoms with Crippen LogP contribution in [0.2, 0.25) is 5.02 Å². The molecule has 3 rings (SSSR count). The van der Waals surface area contributed by atoms with Gasteiger partial charge in [0.25, 0.3) is 0 Å². The van der Waals surface area contributed by atoms with Crippen molar-refractivity contribution < 1.29 is 4.79 Å². The second-order valence-electron chi connectivity index (χ2n) is 4.82. The van der Waals surface area contributed by atoms with Gasteiger partial charge in [-0.3, -0.25) is 4.79 Å². The molecule has 5 nitrogen and oxygen atoms in total. The standard InChI is InChI=1S/C16H13ClN4OS3/c1-2-7-23-16-21-20-15(25-16)19-13(22)8-10-9-24-14(18-10)11-5-3-4-6-12(11)17/h2-6,9H,1,7-8H2,(H,19,20,22). The number of hydrogen-bond donors (Lipinski definition) is 1. The maximum atomic E-state index is 12.2. The zero-order valence-electron chi connectivity index (χ0n) is 12.9. The van der Waals surface area contributed by atoms with Crippen molar-refractivity contribution in [3.63, 3.8) is 0 Å². The van der Waals surface area contributed by atoms with E-state index >= 15 is 0 Å². The van der Waals surface area contributed by atoms with Gasteiger partial charge in [0.2, 0.25) is 11.0 Å². The van der Waals surface area contributed by atoms with Gasteiger partial charge >= 0.3 is 0 Å². The van der Waals surface area contributed by atoms with Crippen LogP contribution in [0.5, 0.6) is 0 Å².